The fourth-order valence-corrected chi connectivity index (χ4v) is 9.75. The van der Waals surface area contributed by atoms with Gasteiger partial charge in [0.25, 0.3) is 0 Å². The minimum absolute atomic E-state index is 0.204. The Kier molecular flexibility index (Phi) is 10.1. The molecule has 0 atom stereocenters. The molecule has 0 unspecified atom stereocenters. The average molecular weight is 934 g/mol. The first-order chi connectivity index (χ1) is 35.4. The summed E-state index contributed by atoms with van der Waals surface area (Å²) in [6.45, 7) is 0. The van der Waals surface area contributed by atoms with Gasteiger partial charge in [-0.25, -0.2) is 0 Å². The Bertz CT molecular complexity index is 3270. The molecule has 3 heterocycles. The molecule has 0 aliphatic carbocycles. The topological polar surface area (TPSA) is 88.6 Å². The van der Waals surface area contributed by atoms with Gasteiger partial charge in [-0.15, -0.1) is 0 Å². The van der Waals surface area contributed by atoms with Crippen LogP contribution in [-0.4, -0.2) is 17.3 Å². The summed E-state index contributed by atoms with van der Waals surface area (Å²) >= 11 is 0. The van der Waals surface area contributed by atoms with Crippen LogP contribution in [0.25, 0.3) is 0 Å². The molecule has 0 N–H and O–H groups in total. The summed E-state index contributed by atoms with van der Waals surface area (Å²) in [5, 5.41) is 0. The lowest BCUT2D eigenvalue weighted by Crippen LogP contribution is -2.16. The summed E-state index contributed by atoms with van der Waals surface area (Å²) in [6.07, 6.45) is 0. The van der Waals surface area contributed by atoms with Crippen molar-refractivity contribution < 1.29 is 28.6 Å². The number of para-hydroxylation sites is 12. The van der Waals surface area contributed by atoms with Crippen LogP contribution in [0.5, 0.6) is 34.5 Å². The molecule has 0 aromatic heterocycles. The van der Waals surface area contributed by atoms with Crippen molar-refractivity contribution in [2.75, 3.05) is 14.7 Å². The smallest absolute Gasteiger partial charge is 0.193 e. The first-order valence-electron chi connectivity index (χ1n) is 23.5. The van der Waals surface area contributed by atoms with Crippen molar-refractivity contribution in [1.82, 2.24) is 0 Å². The summed E-state index contributed by atoms with van der Waals surface area (Å²) in [6, 6.07) is 73.7. The van der Waals surface area contributed by atoms with Gasteiger partial charge in [-0.1, -0.05) is 72.8 Å². The third kappa shape index (κ3) is 7.23. The number of ketones is 3. The van der Waals surface area contributed by atoms with Crippen LogP contribution < -0.4 is 28.9 Å². The van der Waals surface area contributed by atoms with Crippen LogP contribution in [0.4, 0.5) is 51.2 Å². The second kappa shape index (κ2) is 17.2. The average Bonchev–Trinajstić information content (AvgIpc) is 3.44. The molecule has 0 amide bonds. The van der Waals surface area contributed by atoms with E-state index in [4.69, 9.17) is 14.2 Å². The predicted octanol–water partition coefficient (Wildman–Crippen LogP) is 16.1. The van der Waals surface area contributed by atoms with Crippen molar-refractivity contribution in [2.45, 2.75) is 0 Å². The minimum atomic E-state index is -0.340. The number of carbonyl (C=O) groups excluding carboxylic acids is 3. The number of hydrogen-bond donors (Lipinski definition) is 0. The number of ether oxygens (including phenoxy) is 3. The maximum absolute atomic E-state index is 14.7. The van der Waals surface area contributed by atoms with E-state index in [1.165, 1.54) is 0 Å². The van der Waals surface area contributed by atoms with E-state index in [0.717, 1.165) is 51.2 Å². The molecule has 0 fully saturated rings. The van der Waals surface area contributed by atoms with E-state index >= 15 is 0 Å². The first-order valence-corrected chi connectivity index (χ1v) is 23.5. The molecule has 0 radical (unpaired) electrons. The van der Waals surface area contributed by atoms with Crippen molar-refractivity contribution in [3.8, 4) is 34.5 Å². The van der Waals surface area contributed by atoms with E-state index in [1.807, 2.05) is 182 Å². The molecule has 9 heteroatoms. The summed E-state index contributed by atoms with van der Waals surface area (Å²) in [5.41, 5.74) is 9.46. The van der Waals surface area contributed by atoms with Gasteiger partial charge < -0.3 is 28.9 Å². The van der Waals surface area contributed by atoms with Crippen LogP contribution >= 0.6 is 0 Å². The fraction of sp³-hybridized carbons (Fsp3) is 0. The maximum atomic E-state index is 14.7. The highest BCUT2D eigenvalue weighted by molar-refractivity contribution is 6.17. The minimum Gasteiger partial charge on any atom is -0.453 e. The van der Waals surface area contributed by atoms with Gasteiger partial charge in [-0.3, -0.25) is 14.4 Å². The summed E-state index contributed by atoms with van der Waals surface area (Å²) in [4.78, 5) is 50.4. The third-order valence-corrected chi connectivity index (χ3v) is 13.2. The first kappa shape index (κ1) is 42.1. The third-order valence-electron chi connectivity index (χ3n) is 13.2. The monoisotopic (exact) mass is 933 g/mol. The fourth-order valence-electron chi connectivity index (χ4n) is 9.75. The lowest BCUT2D eigenvalue weighted by molar-refractivity contribution is 0.103. The largest absolute Gasteiger partial charge is 0.453 e. The molecule has 342 valence electrons. The zero-order valence-electron chi connectivity index (χ0n) is 38.3. The van der Waals surface area contributed by atoms with Crippen molar-refractivity contribution in [3.05, 3.63) is 270 Å². The van der Waals surface area contributed by atoms with Gasteiger partial charge in [0.05, 0.1) is 34.1 Å². The lowest BCUT2D eigenvalue weighted by atomic mass is 9.92. The number of benzene rings is 10. The Morgan fingerprint density at radius 3 is 0.639 bits per heavy atom. The van der Waals surface area contributed by atoms with Crippen molar-refractivity contribution in [2.24, 2.45) is 0 Å². The molecule has 0 saturated heterocycles. The molecule has 13 rings (SSSR count). The van der Waals surface area contributed by atoms with E-state index in [0.29, 0.717) is 51.2 Å². The zero-order valence-corrected chi connectivity index (χ0v) is 38.3. The molecular weight excluding hydrogens is 895 g/mol. The quantitative estimate of drug-likeness (QED) is 0.131. The molecule has 3 aliphatic heterocycles. The number of carbonyl (C=O) groups is 3. The number of rotatable bonds is 9. The van der Waals surface area contributed by atoms with Gasteiger partial charge in [0, 0.05) is 50.4 Å². The summed E-state index contributed by atoms with van der Waals surface area (Å²) in [5.74, 6) is 3.27. The summed E-state index contributed by atoms with van der Waals surface area (Å²) < 4.78 is 18.7. The van der Waals surface area contributed by atoms with Gasteiger partial charge in [-0.2, -0.15) is 0 Å². The van der Waals surface area contributed by atoms with E-state index in [-0.39, 0.29) is 34.0 Å². The number of anilines is 9. The van der Waals surface area contributed by atoms with Crippen LogP contribution in [0.15, 0.2) is 237 Å². The Labute approximate surface area is 414 Å². The number of hydrogen-bond acceptors (Lipinski definition) is 9. The van der Waals surface area contributed by atoms with Gasteiger partial charge in [0.1, 0.15) is 0 Å². The Morgan fingerprint density at radius 1 is 0.236 bits per heavy atom. The van der Waals surface area contributed by atoms with E-state index in [1.54, 1.807) is 54.6 Å². The van der Waals surface area contributed by atoms with Gasteiger partial charge in [0.15, 0.2) is 51.8 Å². The molecule has 0 spiro atoms. The highest BCUT2D eigenvalue weighted by Gasteiger charge is 2.29. The zero-order chi connectivity index (χ0) is 48.3. The standard InChI is InChI=1S/C63H39N3O6/c67-61(40-25-31-46(32-26-40)64-49-13-1-7-19-55(49)70-56-20-8-2-14-50(56)64)43-37-44(62(68)41-27-33-47(34-28-41)65-51-15-3-9-21-57(51)71-58-22-10-4-16-52(58)65)39-45(38-43)63(69)42-29-35-48(36-30-42)66-53-17-5-11-23-59(53)72-60-24-12-6-18-54(60)66/h1-39H. The van der Waals surface area contributed by atoms with Crippen molar-refractivity contribution in [1.29, 1.82) is 0 Å². The summed E-state index contributed by atoms with van der Waals surface area (Å²) in [7, 11) is 0. The van der Waals surface area contributed by atoms with E-state index in [2.05, 4.69) is 14.7 Å². The van der Waals surface area contributed by atoms with Crippen LogP contribution in [0.1, 0.15) is 47.8 Å². The van der Waals surface area contributed by atoms with Crippen LogP contribution in [0.2, 0.25) is 0 Å². The molecule has 0 saturated carbocycles. The molecule has 3 aliphatic rings. The second-order valence-electron chi connectivity index (χ2n) is 17.5. The van der Waals surface area contributed by atoms with Crippen LogP contribution in [0, 0.1) is 0 Å². The molecule has 10 aromatic carbocycles. The van der Waals surface area contributed by atoms with Gasteiger partial charge in [-0.05, 0) is 164 Å². The Balaban J connectivity index is 0.856. The molecule has 0 bridgehead atoms. The molecular formula is C63H39N3O6. The van der Waals surface area contributed by atoms with Crippen molar-refractivity contribution in [3.63, 3.8) is 0 Å². The molecule has 10 aromatic rings. The van der Waals surface area contributed by atoms with Crippen LogP contribution in [0.3, 0.4) is 0 Å². The predicted molar refractivity (Wildman–Crippen MR) is 280 cm³/mol. The molecule has 72 heavy (non-hydrogen) atoms. The van der Waals surface area contributed by atoms with Gasteiger partial charge >= 0.3 is 0 Å². The highest BCUT2D eigenvalue weighted by atomic mass is 16.5. The van der Waals surface area contributed by atoms with E-state index in [9.17, 15) is 14.4 Å². The Morgan fingerprint density at radius 2 is 0.431 bits per heavy atom. The van der Waals surface area contributed by atoms with Crippen LogP contribution in [-0.2, 0) is 0 Å². The highest BCUT2D eigenvalue weighted by Crippen LogP contribution is 2.53. The SMILES string of the molecule is O=C(c1ccc(N2c3ccccc3Oc3ccccc32)cc1)c1cc(C(=O)c2ccc(N3c4ccccc4Oc4ccccc43)cc2)cc(C(=O)c2ccc(N3c4ccccc4Oc4ccccc43)cc2)c1. The second-order valence-corrected chi connectivity index (χ2v) is 17.5. The lowest BCUT2D eigenvalue weighted by Gasteiger charge is -2.32. The maximum Gasteiger partial charge on any atom is 0.193 e. The number of fused-ring (bicyclic) bond motifs is 6. The molecule has 9 nitrogen and oxygen atoms in total. The van der Waals surface area contributed by atoms with Gasteiger partial charge in [0.2, 0.25) is 0 Å². The van der Waals surface area contributed by atoms with E-state index < -0.39 is 0 Å². The van der Waals surface area contributed by atoms with Crippen molar-refractivity contribution >= 4 is 68.5 Å². The normalized spacial score (nSPS) is 12.6. The number of nitrogens with zero attached hydrogens (tertiary/aromatic N) is 3. The Hall–Kier alpha value is -9.99.